The Kier molecular flexibility index (Phi) is 7.91. The zero-order chi connectivity index (χ0) is 29.5. The van der Waals surface area contributed by atoms with Gasteiger partial charge in [0.2, 0.25) is 0 Å². The standard InChI is InChI=1S/C30H27Cl3N4O5/c1-15(2)37-25(12-24(34-37)30(38)39-3)23-13-26(41-35-23)18-10-9-17(11-22(18)33)40-14-19-28(36-42-29(19)16-7-8-16)27-20(31)5-4-6-21(27)32/h4-6,9-12,15-16,26H,7-8,13-14H2,1-3H3. The maximum atomic E-state index is 12.1. The quantitative estimate of drug-likeness (QED) is 0.172. The van der Waals surface area contributed by atoms with E-state index in [1.165, 1.54) is 7.11 Å². The monoisotopic (exact) mass is 628 g/mol. The molecular formula is C30H27Cl3N4O5. The zero-order valence-electron chi connectivity index (χ0n) is 23.1. The molecule has 2 aromatic heterocycles. The Morgan fingerprint density at radius 1 is 1.10 bits per heavy atom. The summed E-state index contributed by atoms with van der Waals surface area (Å²) in [6, 6.07) is 12.4. The van der Waals surface area contributed by atoms with Gasteiger partial charge in [-0.15, -0.1) is 0 Å². The van der Waals surface area contributed by atoms with Gasteiger partial charge in [-0.05, 0) is 51.0 Å². The molecule has 6 rings (SSSR count). The molecule has 1 aliphatic heterocycles. The molecule has 12 heteroatoms. The largest absolute Gasteiger partial charge is 0.489 e. The highest BCUT2D eigenvalue weighted by atomic mass is 35.5. The highest BCUT2D eigenvalue weighted by Crippen LogP contribution is 2.46. The predicted molar refractivity (Wildman–Crippen MR) is 159 cm³/mol. The van der Waals surface area contributed by atoms with Gasteiger partial charge in [-0.1, -0.05) is 57.2 Å². The van der Waals surface area contributed by atoms with E-state index in [9.17, 15) is 4.79 Å². The van der Waals surface area contributed by atoms with E-state index in [1.54, 1.807) is 35.0 Å². The SMILES string of the molecule is COC(=O)c1cc(C2=NOC(c3ccc(OCc4c(-c5c(Cl)cccc5Cl)noc4C4CC4)cc3Cl)C2)n(C(C)C)n1. The highest BCUT2D eigenvalue weighted by molar-refractivity contribution is 6.39. The Morgan fingerprint density at radius 3 is 2.52 bits per heavy atom. The summed E-state index contributed by atoms with van der Waals surface area (Å²) in [5, 5.41) is 14.5. The van der Waals surface area contributed by atoms with E-state index in [1.807, 2.05) is 26.0 Å². The van der Waals surface area contributed by atoms with Gasteiger partial charge >= 0.3 is 5.97 Å². The van der Waals surface area contributed by atoms with Crippen molar-refractivity contribution in [2.45, 2.75) is 57.8 Å². The molecule has 0 N–H and O–H groups in total. The third-order valence-electron chi connectivity index (χ3n) is 7.25. The Morgan fingerprint density at radius 2 is 1.86 bits per heavy atom. The number of aromatic nitrogens is 3. The molecule has 1 atom stereocenters. The first-order valence-electron chi connectivity index (χ1n) is 13.5. The van der Waals surface area contributed by atoms with Gasteiger partial charge in [0, 0.05) is 35.6 Å². The van der Waals surface area contributed by atoms with Crippen LogP contribution < -0.4 is 4.74 Å². The molecule has 9 nitrogen and oxygen atoms in total. The van der Waals surface area contributed by atoms with Gasteiger partial charge < -0.3 is 18.8 Å². The van der Waals surface area contributed by atoms with E-state index in [2.05, 4.69) is 15.4 Å². The highest BCUT2D eigenvalue weighted by Gasteiger charge is 2.34. The van der Waals surface area contributed by atoms with Crippen LogP contribution in [0.15, 0.2) is 52.1 Å². The molecule has 2 aromatic carbocycles. The number of carbonyl (C=O) groups excluding carboxylic acids is 1. The molecule has 218 valence electrons. The summed E-state index contributed by atoms with van der Waals surface area (Å²) >= 11 is 19.7. The van der Waals surface area contributed by atoms with Crippen LogP contribution in [0.3, 0.4) is 0 Å². The summed E-state index contributed by atoms with van der Waals surface area (Å²) in [5.74, 6) is 1.16. The molecule has 1 saturated carbocycles. The van der Waals surface area contributed by atoms with Gasteiger partial charge in [0.1, 0.15) is 29.5 Å². The van der Waals surface area contributed by atoms with Crippen LogP contribution >= 0.6 is 34.8 Å². The van der Waals surface area contributed by atoms with Crippen LogP contribution in [0.25, 0.3) is 11.3 Å². The second-order valence-corrected chi connectivity index (χ2v) is 11.7. The van der Waals surface area contributed by atoms with E-state index in [4.69, 9.17) is 53.6 Å². The summed E-state index contributed by atoms with van der Waals surface area (Å²) in [5.41, 5.74) is 4.35. The molecule has 0 bridgehead atoms. The summed E-state index contributed by atoms with van der Waals surface area (Å²) in [7, 11) is 1.32. The minimum absolute atomic E-state index is 0.000456. The van der Waals surface area contributed by atoms with Crippen molar-refractivity contribution in [3.63, 3.8) is 0 Å². The number of rotatable bonds is 9. The van der Waals surface area contributed by atoms with E-state index in [0.29, 0.717) is 55.8 Å². The fourth-order valence-corrected chi connectivity index (χ4v) is 5.83. The van der Waals surface area contributed by atoms with Crippen LogP contribution in [0, 0.1) is 0 Å². The number of halogens is 3. The average Bonchev–Trinajstić information content (AvgIpc) is 3.33. The lowest BCUT2D eigenvalue weighted by molar-refractivity contribution is 0.0592. The first-order chi connectivity index (χ1) is 20.2. The fraction of sp³-hybridized carbons (Fsp3) is 0.333. The van der Waals surface area contributed by atoms with Crippen molar-refractivity contribution in [1.29, 1.82) is 0 Å². The molecule has 0 saturated heterocycles. The third-order valence-corrected chi connectivity index (χ3v) is 8.21. The molecule has 42 heavy (non-hydrogen) atoms. The number of esters is 1. The number of nitrogens with zero attached hydrogens (tertiary/aromatic N) is 4. The number of oxime groups is 1. The summed E-state index contributed by atoms with van der Waals surface area (Å²) < 4.78 is 18.5. The number of hydrogen-bond donors (Lipinski definition) is 0. The van der Waals surface area contributed by atoms with Gasteiger partial charge in [0.05, 0.1) is 33.4 Å². The molecule has 0 spiro atoms. The van der Waals surface area contributed by atoms with Crippen molar-refractivity contribution in [1.82, 2.24) is 14.9 Å². The Hall–Kier alpha value is -3.53. The molecule has 0 radical (unpaired) electrons. The fourth-order valence-electron chi connectivity index (χ4n) is 4.97. The predicted octanol–water partition coefficient (Wildman–Crippen LogP) is 8.19. The van der Waals surface area contributed by atoms with Gasteiger partial charge in [-0.25, -0.2) is 4.79 Å². The molecule has 1 aliphatic carbocycles. The lowest BCUT2D eigenvalue weighted by Gasteiger charge is -2.14. The number of methoxy groups -OCH3 is 1. The van der Waals surface area contributed by atoms with Crippen molar-refractivity contribution in [2.75, 3.05) is 7.11 Å². The lowest BCUT2D eigenvalue weighted by Crippen LogP contribution is -2.13. The van der Waals surface area contributed by atoms with Gasteiger partial charge in [-0.3, -0.25) is 4.68 Å². The van der Waals surface area contributed by atoms with Crippen LogP contribution in [-0.2, 0) is 16.2 Å². The van der Waals surface area contributed by atoms with Crippen molar-refractivity contribution in [3.8, 4) is 17.0 Å². The van der Waals surface area contributed by atoms with Gasteiger partial charge in [-0.2, -0.15) is 5.10 Å². The molecule has 3 heterocycles. The number of ether oxygens (including phenoxy) is 2. The number of carbonyl (C=O) groups is 1. The Balaban J connectivity index is 1.19. The van der Waals surface area contributed by atoms with Crippen molar-refractivity contribution >= 4 is 46.5 Å². The topological polar surface area (TPSA) is 101 Å². The maximum Gasteiger partial charge on any atom is 0.358 e. The lowest BCUT2D eigenvalue weighted by atomic mass is 10.0. The van der Waals surface area contributed by atoms with Crippen molar-refractivity contribution in [2.24, 2.45) is 5.16 Å². The molecular weight excluding hydrogens is 603 g/mol. The summed E-state index contributed by atoms with van der Waals surface area (Å²) in [4.78, 5) is 17.8. The Labute approximate surface area is 257 Å². The first kappa shape index (κ1) is 28.6. The van der Waals surface area contributed by atoms with Crippen molar-refractivity contribution < 1.29 is 23.6 Å². The second-order valence-electron chi connectivity index (χ2n) is 10.5. The third kappa shape index (κ3) is 5.48. The molecule has 0 amide bonds. The van der Waals surface area contributed by atoms with Crippen LogP contribution in [0.2, 0.25) is 15.1 Å². The Bertz CT molecular complexity index is 1670. The van der Waals surface area contributed by atoms with Crippen LogP contribution in [-0.4, -0.2) is 33.7 Å². The number of hydrogen-bond acceptors (Lipinski definition) is 8. The maximum absolute atomic E-state index is 12.1. The first-order valence-corrected chi connectivity index (χ1v) is 14.6. The number of benzene rings is 2. The zero-order valence-corrected chi connectivity index (χ0v) is 25.3. The van der Waals surface area contributed by atoms with Crippen LogP contribution in [0.5, 0.6) is 5.75 Å². The minimum atomic E-state index is -0.511. The van der Waals surface area contributed by atoms with E-state index < -0.39 is 12.1 Å². The van der Waals surface area contributed by atoms with Crippen LogP contribution in [0.4, 0.5) is 0 Å². The summed E-state index contributed by atoms with van der Waals surface area (Å²) in [6.45, 7) is 4.15. The van der Waals surface area contributed by atoms with Crippen molar-refractivity contribution in [3.05, 3.63) is 85.8 Å². The van der Waals surface area contributed by atoms with E-state index >= 15 is 0 Å². The second kappa shape index (κ2) is 11.6. The van der Waals surface area contributed by atoms with E-state index in [-0.39, 0.29) is 18.3 Å². The van der Waals surface area contributed by atoms with Gasteiger partial charge in [0.15, 0.2) is 11.8 Å². The van der Waals surface area contributed by atoms with Crippen LogP contribution in [0.1, 0.15) is 84.2 Å². The molecule has 1 unspecified atom stereocenters. The normalized spacial score (nSPS) is 16.5. The average molecular weight is 630 g/mol. The van der Waals surface area contributed by atoms with E-state index in [0.717, 1.165) is 29.7 Å². The van der Waals surface area contributed by atoms with Gasteiger partial charge in [0.25, 0.3) is 0 Å². The smallest absolute Gasteiger partial charge is 0.358 e. The molecule has 4 aromatic rings. The summed E-state index contributed by atoms with van der Waals surface area (Å²) in [6.07, 6.45) is 2.11. The minimum Gasteiger partial charge on any atom is -0.489 e. The molecule has 1 fully saturated rings. The molecule has 2 aliphatic rings.